The van der Waals surface area contributed by atoms with E-state index in [9.17, 15) is 14.0 Å². The number of imide groups is 1. The zero-order valence-corrected chi connectivity index (χ0v) is 14.8. The molecule has 140 valence electrons. The molecule has 1 aliphatic heterocycles. The van der Waals surface area contributed by atoms with E-state index in [0.717, 1.165) is 10.6 Å². The zero-order chi connectivity index (χ0) is 19.5. The van der Waals surface area contributed by atoms with Gasteiger partial charge in [0, 0.05) is 5.69 Å². The Morgan fingerprint density at radius 3 is 2.18 bits per heavy atom. The molecule has 1 heterocycles. The van der Waals surface area contributed by atoms with Gasteiger partial charge in [-0.3, -0.25) is 9.59 Å². The van der Waals surface area contributed by atoms with Crippen molar-refractivity contribution in [1.82, 2.24) is 0 Å². The number of carbonyl (C=O) groups is 2. The highest BCUT2D eigenvalue weighted by atomic mass is 19.1. The molecule has 1 N–H and O–H groups in total. The number of nitrogens with zero attached hydrogens (tertiary/aromatic N) is 1. The second-order valence-corrected chi connectivity index (χ2v) is 6.38. The van der Waals surface area contributed by atoms with E-state index < -0.39 is 11.9 Å². The highest BCUT2D eigenvalue weighted by Gasteiger charge is 2.39. The largest absolute Gasteiger partial charge is 0.457 e. The number of ether oxygens (including phenoxy) is 1. The van der Waals surface area contributed by atoms with Crippen LogP contribution in [0.3, 0.4) is 0 Å². The van der Waals surface area contributed by atoms with Gasteiger partial charge in [0.1, 0.15) is 23.4 Å². The topological polar surface area (TPSA) is 58.6 Å². The summed E-state index contributed by atoms with van der Waals surface area (Å²) in [5, 5.41) is 3.08. The monoisotopic (exact) mass is 376 g/mol. The fourth-order valence-electron chi connectivity index (χ4n) is 3.05. The third-order valence-corrected chi connectivity index (χ3v) is 4.41. The van der Waals surface area contributed by atoms with E-state index in [0.29, 0.717) is 17.1 Å². The average Bonchev–Trinajstić information content (AvgIpc) is 2.98. The Labute approximate surface area is 161 Å². The third-order valence-electron chi connectivity index (χ3n) is 4.41. The summed E-state index contributed by atoms with van der Waals surface area (Å²) >= 11 is 0. The summed E-state index contributed by atoms with van der Waals surface area (Å²) in [4.78, 5) is 26.0. The van der Waals surface area contributed by atoms with Crippen molar-refractivity contribution in [2.45, 2.75) is 12.5 Å². The van der Waals surface area contributed by atoms with Crippen LogP contribution in [-0.2, 0) is 9.59 Å². The van der Waals surface area contributed by atoms with Crippen LogP contribution in [0.4, 0.5) is 15.8 Å². The summed E-state index contributed by atoms with van der Waals surface area (Å²) in [6, 6.07) is 21.2. The fraction of sp³-hybridized carbons (Fsp3) is 0.0909. The van der Waals surface area contributed by atoms with Crippen molar-refractivity contribution in [1.29, 1.82) is 0 Å². The summed E-state index contributed by atoms with van der Waals surface area (Å²) in [5.74, 6) is 0.294. The first-order valence-electron chi connectivity index (χ1n) is 8.82. The first-order valence-corrected chi connectivity index (χ1v) is 8.82. The van der Waals surface area contributed by atoms with Crippen molar-refractivity contribution in [2.24, 2.45) is 0 Å². The van der Waals surface area contributed by atoms with Crippen LogP contribution in [0.25, 0.3) is 0 Å². The van der Waals surface area contributed by atoms with Gasteiger partial charge in [-0.25, -0.2) is 9.29 Å². The van der Waals surface area contributed by atoms with E-state index in [4.69, 9.17) is 4.74 Å². The van der Waals surface area contributed by atoms with Crippen LogP contribution in [0.1, 0.15) is 6.42 Å². The predicted molar refractivity (Wildman–Crippen MR) is 104 cm³/mol. The van der Waals surface area contributed by atoms with E-state index >= 15 is 0 Å². The number of halogens is 1. The molecule has 6 heteroatoms. The molecule has 0 radical (unpaired) electrons. The first-order chi connectivity index (χ1) is 13.6. The SMILES string of the molecule is O=C1C[C@H](Nc2ccc(Oc3ccccc3)cc2)C(=O)N1c1ccc(F)cc1. The molecular weight excluding hydrogens is 359 g/mol. The summed E-state index contributed by atoms with van der Waals surface area (Å²) in [5.41, 5.74) is 1.07. The van der Waals surface area contributed by atoms with Gasteiger partial charge in [0.15, 0.2) is 0 Å². The lowest BCUT2D eigenvalue weighted by Gasteiger charge is -2.16. The second kappa shape index (κ2) is 7.52. The lowest BCUT2D eigenvalue weighted by atomic mass is 10.2. The molecule has 1 aliphatic rings. The van der Waals surface area contributed by atoms with Gasteiger partial charge in [-0.2, -0.15) is 0 Å². The summed E-state index contributed by atoms with van der Waals surface area (Å²) in [7, 11) is 0. The Kier molecular flexibility index (Phi) is 4.76. The molecule has 0 unspecified atom stereocenters. The number of amides is 2. The Bertz CT molecular complexity index is 989. The van der Waals surface area contributed by atoms with Crippen molar-refractivity contribution in [3.05, 3.63) is 84.7 Å². The molecule has 1 atom stereocenters. The average molecular weight is 376 g/mol. The minimum Gasteiger partial charge on any atom is -0.457 e. The fourth-order valence-corrected chi connectivity index (χ4v) is 3.05. The number of anilines is 2. The molecule has 1 fully saturated rings. The number of hydrogen-bond acceptors (Lipinski definition) is 4. The smallest absolute Gasteiger partial charge is 0.256 e. The zero-order valence-electron chi connectivity index (χ0n) is 14.8. The van der Waals surface area contributed by atoms with Gasteiger partial charge in [-0.1, -0.05) is 18.2 Å². The number of rotatable bonds is 5. The van der Waals surface area contributed by atoms with Crippen molar-refractivity contribution in [3.63, 3.8) is 0 Å². The molecule has 0 bridgehead atoms. The molecule has 0 spiro atoms. The maximum absolute atomic E-state index is 13.1. The van der Waals surface area contributed by atoms with Gasteiger partial charge in [0.2, 0.25) is 5.91 Å². The molecule has 0 aromatic heterocycles. The van der Waals surface area contributed by atoms with Gasteiger partial charge < -0.3 is 10.1 Å². The number of benzene rings is 3. The summed E-state index contributed by atoms with van der Waals surface area (Å²) < 4.78 is 18.8. The summed E-state index contributed by atoms with van der Waals surface area (Å²) in [6.45, 7) is 0. The number of carbonyl (C=O) groups excluding carboxylic acids is 2. The minimum absolute atomic E-state index is 0.0402. The highest BCUT2D eigenvalue weighted by molar-refractivity contribution is 6.23. The van der Waals surface area contributed by atoms with Gasteiger partial charge in [-0.05, 0) is 60.7 Å². The molecule has 28 heavy (non-hydrogen) atoms. The predicted octanol–water partition coefficient (Wildman–Crippen LogP) is 4.36. The van der Waals surface area contributed by atoms with E-state index in [1.165, 1.54) is 24.3 Å². The number of para-hydroxylation sites is 1. The van der Waals surface area contributed by atoms with Crippen molar-refractivity contribution in [2.75, 3.05) is 10.2 Å². The van der Waals surface area contributed by atoms with Crippen molar-refractivity contribution >= 4 is 23.2 Å². The molecular formula is C22H17FN2O3. The Morgan fingerprint density at radius 2 is 1.50 bits per heavy atom. The van der Waals surface area contributed by atoms with Gasteiger partial charge >= 0.3 is 0 Å². The van der Waals surface area contributed by atoms with Crippen LogP contribution < -0.4 is 15.0 Å². The van der Waals surface area contributed by atoms with E-state index in [-0.39, 0.29) is 18.2 Å². The molecule has 0 aliphatic carbocycles. The minimum atomic E-state index is -0.668. The van der Waals surface area contributed by atoms with Gasteiger partial charge in [0.25, 0.3) is 5.91 Å². The highest BCUT2D eigenvalue weighted by Crippen LogP contribution is 2.27. The van der Waals surface area contributed by atoms with E-state index in [1.54, 1.807) is 24.3 Å². The Balaban J connectivity index is 1.43. The van der Waals surface area contributed by atoms with Crippen LogP contribution in [0.2, 0.25) is 0 Å². The molecule has 0 saturated carbocycles. The van der Waals surface area contributed by atoms with Crippen molar-refractivity contribution in [3.8, 4) is 11.5 Å². The first kappa shape index (κ1) is 17.7. The Hall–Kier alpha value is -3.67. The van der Waals surface area contributed by atoms with Crippen LogP contribution in [0, 0.1) is 5.82 Å². The van der Waals surface area contributed by atoms with Crippen LogP contribution in [-0.4, -0.2) is 17.9 Å². The van der Waals surface area contributed by atoms with Crippen LogP contribution in [0.5, 0.6) is 11.5 Å². The molecule has 4 rings (SSSR count). The normalized spacial score (nSPS) is 16.3. The van der Waals surface area contributed by atoms with E-state index in [2.05, 4.69) is 5.32 Å². The lowest BCUT2D eigenvalue weighted by molar-refractivity contribution is -0.121. The van der Waals surface area contributed by atoms with Crippen molar-refractivity contribution < 1.29 is 18.7 Å². The second-order valence-electron chi connectivity index (χ2n) is 6.38. The molecule has 1 saturated heterocycles. The molecule has 2 amide bonds. The van der Waals surface area contributed by atoms with Gasteiger partial charge in [-0.15, -0.1) is 0 Å². The maximum Gasteiger partial charge on any atom is 0.256 e. The van der Waals surface area contributed by atoms with E-state index in [1.807, 2.05) is 30.3 Å². The van der Waals surface area contributed by atoms with Crippen LogP contribution in [0.15, 0.2) is 78.9 Å². The molecule has 3 aromatic carbocycles. The quantitative estimate of drug-likeness (QED) is 0.672. The third kappa shape index (κ3) is 3.71. The number of nitrogens with one attached hydrogen (secondary N) is 1. The number of hydrogen-bond donors (Lipinski definition) is 1. The van der Waals surface area contributed by atoms with Crippen LogP contribution >= 0.6 is 0 Å². The Morgan fingerprint density at radius 1 is 0.857 bits per heavy atom. The maximum atomic E-state index is 13.1. The summed E-state index contributed by atoms with van der Waals surface area (Å²) in [6.07, 6.45) is 0.0402. The standard InChI is InChI=1S/C22H17FN2O3/c23-15-6-10-17(11-7-15)25-21(26)14-20(22(25)27)24-16-8-12-19(13-9-16)28-18-4-2-1-3-5-18/h1-13,20,24H,14H2/t20-/m0/s1. The van der Waals surface area contributed by atoms with Gasteiger partial charge in [0.05, 0.1) is 12.1 Å². The lowest BCUT2D eigenvalue weighted by Crippen LogP contribution is -2.34. The molecule has 3 aromatic rings. The molecule has 5 nitrogen and oxygen atoms in total.